The summed E-state index contributed by atoms with van der Waals surface area (Å²) < 4.78 is 18.6. The van der Waals surface area contributed by atoms with E-state index in [0.717, 1.165) is 32.1 Å². The van der Waals surface area contributed by atoms with Gasteiger partial charge in [-0.1, -0.05) is 65.7 Å². The summed E-state index contributed by atoms with van der Waals surface area (Å²) in [6.07, 6.45) is 10.1. The molecule has 1 heterocycles. The molecule has 1 aromatic rings. The Kier molecular flexibility index (Phi) is 7.57. The summed E-state index contributed by atoms with van der Waals surface area (Å²) in [6.45, 7) is 6.44. The first-order valence-electron chi connectivity index (χ1n) is 7.85. The van der Waals surface area contributed by atoms with E-state index in [4.69, 9.17) is 16.0 Å². The zero-order chi connectivity index (χ0) is 15.0. The fraction of sp³-hybridized carbons (Fsp3) is 0.812. The van der Waals surface area contributed by atoms with Crippen molar-refractivity contribution in [3.05, 3.63) is 17.1 Å². The molecule has 0 fully saturated rings. The lowest BCUT2D eigenvalue weighted by molar-refractivity contribution is 0.306. The van der Waals surface area contributed by atoms with Gasteiger partial charge in [0.2, 0.25) is 0 Å². The van der Waals surface area contributed by atoms with Crippen molar-refractivity contribution in [1.29, 1.82) is 0 Å². The van der Waals surface area contributed by atoms with E-state index in [0.29, 0.717) is 5.69 Å². The number of rotatable bonds is 10. The minimum atomic E-state index is -0.609. The number of halogens is 2. The van der Waals surface area contributed by atoms with Gasteiger partial charge in [-0.05, 0) is 24.4 Å². The van der Waals surface area contributed by atoms with Gasteiger partial charge in [-0.15, -0.1) is 0 Å². The molecule has 0 spiro atoms. The number of aromatic nitrogens is 1. The second kappa shape index (κ2) is 8.66. The normalized spacial score (nSPS) is 14.4. The Morgan fingerprint density at radius 2 is 1.65 bits per heavy atom. The average Bonchev–Trinajstić information content (AvgIpc) is 2.76. The maximum atomic E-state index is 13.8. The van der Waals surface area contributed by atoms with Gasteiger partial charge >= 0.3 is 6.01 Å². The molecule has 4 heteroatoms. The van der Waals surface area contributed by atoms with Gasteiger partial charge in [0.25, 0.3) is 5.35 Å². The molecule has 0 bridgehead atoms. The van der Waals surface area contributed by atoms with E-state index in [-0.39, 0.29) is 10.8 Å². The zero-order valence-corrected chi connectivity index (χ0v) is 13.7. The highest BCUT2D eigenvalue weighted by atomic mass is 35.5. The molecule has 0 aromatic carbocycles. The maximum absolute atomic E-state index is 13.8. The molecule has 0 saturated heterocycles. The standard InChI is InChI=1S/C16H27ClFNO/c1-4-6-8-9-10-12-16(3,11-7-5-2)13-14(18)20-15(17)19-13/h4-12H2,1-3H3. The van der Waals surface area contributed by atoms with Crippen molar-refractivity contribution in [2.45, 2.75) is 84.0 Å². The molecule has 0 aliphatic rings. The third-order valence-electron chi connectivity index (χ3n) is 4.05. The molecule has 1 atom stereocenters. The Hall–Kier alpha value is -0.570. The number of hydrogen-bond acceptors (Lipinski definition) is 2. The van der Waals surface area contributed by atoms with Crippen LogP contribution >= 0.6 is 11.6 Å². The van der Waals surface area contributed by atoms with Gasteiger partial charge < -0.3 is 4.42 Å². The SMILES string of the molecule is CCCCCCCC(C)(CCCC)c1nc(Cl)oc1F. The summed E-state index contributed by atoms with van der Waals surface area (Å²) >= 11 is 5.69. The van der Waals surface area contributed by atoms with Gasteiger partial charge in [0, 0.05) is 5.41 Å². The van der Waals surface area contributed by atoms with Crippen molar-refractivity contribution >= 4 is 11.6 Å². The first-order valence-corrected chi connectivity index (χ1v) is 8.23. The second-order valence-electron chi connectivity index (χ2n) is 5.92. The van der Waals surface area contributed by atoms with Gasteiger partial charge in [-0.3, -0.25) is 0 Å². The van der Waals surface area contributed by atoms with Gasteiger partial charge in [-0.2, -0.15) is 9.37 Å². The predicted octanol–water partition coefficient (Wildman–Crippen LogP) is 6.28. The van der Waals surface area contributed by atoms with E-state index in [1.807, 2.05) is 0 Å². The van der Waals surface area contributed by atoms with Crippen LogP contribution in [0.25, 0.3) is 0 Å². The van der Waals surface area contributed by atoms with Crippen molar-refractivity contribution in [3.8, 4) is 0 Å². The summed E-state index contributed by atoms with van der Waals surface area (Å²) in [5.41, 5.74) is 0.148. The minimum absolute atomic E-state index is 0.0915. The molecule has 0 N–H and O–H groups in total. The highest BCUT2D eigenvalue weighted by molar-refractivity contribution is 6.27. The largest absolute Gasteiger partial charge is 0.401 e. The van der Waals surface area contributed by atoms with E-state index in [2.05, 4.69) is 25.8 Å². The molecule has 2 nitrogen and oxygen atoms in total. The molecule has 1 aromatic heterocycles. The summed E-state index contributed by atoms with van der Waals surface area (Å²) in [4.78, 5) is 4.07. The molecular formula is C16H27ClFNO. The van der Waals surface area contributed by atoms with Crippen LogP contribution in [0.3, 0.4) is 0 Å². The Morgan fingerprint density at radius 3 is 2.20 bits per heavy atom. The van der Waals surface area contributed by atoms with Crippen LogP contribution in [0.2, 0.25) is 5.35 Å². The Labute approximate surface area is 127 Å². The molecule has 0 radical (unpaired) electrons. The first-order chi connectivity index (χ1) is 9.53. The van der Waals surface area contributed by atoms with Gasteiger partial charge in [-0.25, -0.2) is 0 Å². The van der Waals surface area contributed by atoms with E-state index >= 15 is 0 Å². The summed E-state index contributed by atoms with van der Waals surface area (Å²) in [5.74, 6) is 0. The second-order valence-corrected chi connectivity index (χ2v) is 6.24. The summed E-state index contributed by atoms with van der Waals surface area (Å²) in [7, 11) is 0. The zero-order valence-electron chi connectivity index (χ0n) is 13.0. The molecule has 1 rings (SSSR count). The quantitative estimate of drug-likeness (QED) is 0.476. The number of hydrogen-bond donors (Lipinski definition) is 0. The van der Waals surface area contributed by atoms with Crippen LogP contribution in [-0.2, 0) is 5.41 Å². The van der Waals surface area contributed by atoms with Crippen molar-refractivity contribution in [2.75, 3.05) is 0 Å². The molecular weight excluding hydrogens is 277 g/mol. The van der Waals surface area contributed by atoms with Crippen LogP contribution < -0.4 is 0 Å². The molecule has 0 aliphatic heterocycles. The van der Waals surface area contributed by atoms with E-state index < -0.39 is 6.01 Å². The lowest BCUT2D eigenvalue weighted by Gasteiger charge is -2.27. The fourth-order valence-electron chi connectivity index (χ4n) is 2.70. The molecule has 0 amide bonds. The van der Waals surface area contributed by atoms with Gasteiger partial charge in [0.15, 0.2) is 0 Å². The van der Waals surface area contributed by atoms with E-state index in [1.165, 1.54) is 25.7 Å². The Morgan fingerprint density at radius 1 is 1.05 bits per heavy atom. The fourth-order valence-corrected chi connectivity index (χ4v) is 2.85. The molecule has 20 heavy (non-hydrogen) atoms. The molecule has 1 unspecified atom stereocenters. The average molecular weight is 304 g/mol. The van der Waals surface area contributed by atoms with Crippen LogP contribution in [-0.4, -0.2) is 4.98 Å². The van der Waals surface area contributed by atoms with Gasteiger partial charge in [0.05, 0.1) is 0 Å². The van der Waals surface area contributed by atoms with Crippen molar-refractivity contribution < 1.29 is 8.81 Å². The smallest absolute Gasteiger partial charge is 0.302 e. The minimum Gasteiger partial charge on any atom is -0.401 e. The van der Waals surface area contributed by atoms with Crippen LogP contribution in [0, 0.1) is 6.01 Å². The Balaban J connectivity index is 2.68. The summed E-state index contributed by atoms with van der Waals surface area (Å²) in [6, 6.07) is -0.609. The van der Waals surface area contributed by atoms with Crippen LogP contribution in [0.1, 0.15) is 84.3 Å². The third-order valence-corrected chi connectivity index (χ3v) is 4.21. The summed E-state index contributed by atoms with van der Waals surface area (Å²) in [5, 5.41) is -0.0915. The third kappa shape index (κ3) is 5.08. The van der Waals surface area contributed by atoms with Crippen LogP contribution in [0.5, 0.6) is 0 Å². The molecule has 0 saturated carbocycles. The lowest BCUT2D eigenvalue weighted by atomic mass is 9.77. The van der Waals surface area contributed by atoms with Crippen molar-refractivity contribution in [1.82, 2.24) is 4.98 Å². The number of oxazole rings is 1. The predicted molar refractivity (Wildman–Crippen MR) is 81.7 cm³/mol. The monoisotopic (exact) mass is 303 g/mol. The maximum Gasteiger partial charge on any atom is 0.302 e. The van der Waals surface area contributed by atoms with Gasteiger partial charge in [0.1, 0.15) is 5.69 Å². The molecule has 0 aliphatic carbocycles. The Bertz CT molecular complexity index is 394. The van der Waals surface area contributed by atoms with E-state index in [9.17, 15) is 4.39 Å². The van der Waals surface area contributed by atoms with Crippen molar-refractivity contribution in [3.63, 3.8) is 0 Å². The highest BCUT2D eigenvalue weighted by Crippen LogP contribution is 2.37. The van der Waals surface area contributed by atoms with E-state index in [1.54, 1.807) is 0 Å². The van der Waals surface area contributed by atoms with Crippen LogP contribution in [0.4, 0.5) is 4.39 Å². The number of unbranched alkanes of at least 4 members (excludes halogenated alkanes) is 5. The topological polar surface area (TPSA) is 26.0 Å². The first kappa shape index (κ1) is 17.5. The van der Waals surface area contributed by atoms with Crippen LogP contribution in [0.15, 0.2) is 4.42 Å². The molecule has 116 valence electrons. The highest BCUT2D eigenvalue weighted by Gasteiger charge is 2.33. The van der Waals surface area contributed by atoms with Crippen molar-refractivity contribution in [2.24, 2.45) is 0 Å². The number of nitrogens with zero attached hydrogens (tertiary/aromatic N) is 1. The lowest BCUT2D eigenvalue weighted by Crippen LogP contribution is -2.24.